The summed E-state index contributed by atoms with van der Waals surface area (Å²) in [7, 11) is 1.60. The van der Waals surface area contributed by atoms with Gasteiger partial charge < -0.3 is 24.8 Å². The van der Waals surface area contributed by atoms with Crippen molar-refractivity contribution >= 4 is 17.5 Å². The normalized spacial score (nSPS) is 16.2. The van der Waals surface area contributed by atoms with Crippen molar-refractivity contribution in [2.45, 2.75) is 19.4 Å². The van der Waals surface area contributed by atoms with Crippen LogP contribution in [0.15, 0.2) is 78.3 Å². The average Bonchev–Trinajstić information content (AvgIpc) is 3.22. The predicted molar refractivity (Wildman–Crippen MR) is 141 cm³/mol. The molecule has 2 aliphatic rings. The minimum atomic E-state index is -0.570. The molecule has 0 bridgehead atoms. The molecule has 10 nitrogen and oxygen atoms in total. The van der Waals surface area contributed by atoms with Gasteiger partial charge in [0, 0.05) is 35.8 Å². The van der Waals surface area contributed by atoms with Crippen LogP contribution in [0.4, 0.5) is 11.6 Å². The van der Waals surface area contributed by atoms with Crippen LogP contribution in [-0.2, 0) is 4.79 Å². The highest BCUT2D eigenvalue weighted by Gasteiger charge is 2.35. The number of rotatable bonds is 5. The van der Waals surface area contributed by atoms with Gasteiger partial charge in [-0.15, -0.1) is 5.10 Å². The van der Waals surface area contributed by atoms with Crippen molar-refractivity contribution in [1.82, 2.24) is 19.7 Å². The molecule has 0 aliphatic carbocycles. The topological polar surface area (TPSA) is 112 Å². The zero-order valence-electron chi connectivity index (χ0n) is 21.0. The number of hydrogen-bond donors (Lipinski definition) is 2. The smallest absolute Gasteiger partial charge is 0.255 e. The number of methoxy groups -OCH3 is 1. The van der Waals surface area contributed by atoms with Crippen molar-refractivity contribution in [2.24, 2.45) is 0 Å². The molecule has 4 aromatic rings. The summed E-state index contributed by atoms with van der Waals surface area (Å²) in [6, 6.07) is 16.1. The third-order valence-electron chi connectivity index (χ3n) is 6.45. The lowest BCUT2D eigenvalue weighted by Crippen LogP contribution is -2.31. The number of carbonyl (C=O) groups is 1. The SMILES string of the molecule is COc1ccc(NC(=O)C2=C(C)Nc3nc(-c4cccnc4)nn3C2c2ccc3c(c2)OCCCO3)cc1. The maximum Gasteiger partial charge on any atom is 0.255 e. The molecule has 0 spiro atoms. The zero-order chi connectivity index (χ0) is 26.1. The van der Waals surface area contributed by atoms with Crippen LogP contribution >= 0.6 is 0 Å². The summed E-state index contributed by atoms with van der Waals surface area (Å²) >= 11 is 0. The Morgan fingerprint density at radius 3 is 2.68 bits per heavy atom. The number of nitrogens with zero attached hydrogens (tertiary/aromatic N) is 4. The van der Waals surface area contributed by atoms with Crippen molar-refractivity contribution < 1.29 is 19.0 Å². The summed E-state index contributed by atoms with van der Waals surface area (Å²) in [5.41, 5.74) is 3.42. The van der Waals surface area contributed by atoms with Gasteiger partial charge in [-0.2, -0.15) is 4.98 Å². The van der Waals surface area contributed by atoms with Gasteiger partial charge in [0.05, 0.1) is 25.9 Å². The van der Waals surface area contributed by atoms with E-state index in [0.29, 0.717) is 59.2 Å². The molecule has 38 heavy (non-hydrogen) atoms. The summed E-state index contributed by atoms with van der Waals surface area (Å²) < 4.78 is 18.8. The molecule has 2 aromatic carbocycles. The van der Waals surface area contributed by atoms with Crippen molar-refractivity contribution in [3.8, 4) is 28.6 Å². The van der Waals surface area contributed by atoms with Crippen LogP contribution in [0.1, 0.15) is 24.9 Å². The van der Waals surface area contributed by atoms with E-state index >= 15 is 0 Å². The van der Waals surface area contributed by atoms with Gasteiger partial charge in [0.25, 0.3) is 5.91 Å². The Bertz CT molecular complexity index is 1510. The Morgan fingerprint density at radius 1 is 1.11 bits per heavy atom. The van der Waals surface area contributed by atoms with Gasteiger partial charge in [-0.3, -0.25) is 9.78 Å². The minimum Gasteiger partial charge on any atom is -0.497 e. The van der Waals surface area contributed by atoms with Crippen LogP contribution in [0.5, 0.6) is 17.2 Å². The quantitative estimate of drug-likeness (QED) is 0.405. The predicted octanol–water partition coefficient (Wildman–Crippen LogP) is 4.44. The molecule has 2 aromatic heterocycles. The van der Waals surface area contributed by atoms with Gasteiger partial charge in [-0.25, -0.2) is 4.68 Å². The van der Waals surface area contributed by atoms with E-state index in [0.717, 1.165) is 17.5 Å². The van der Waals surface area contributed by atoms with E-state index in [1.165, 1.54) is 0 Å². The number of hydrogen-bond acceptors (Lipinski definition) is 8. The second kappa shape index (κ2) is 9.89. The highest BCUT2D eigenvalue weighted by Crippen LogP contribution is 2.40. The molecule has 192 valence electrons. The molecule has 10 heteroatoms. The summed E-state index contributed by atoms with van der Waals surface area (Å²) in [4.78, 5) is 22.7. The Labute approximate surface area is 219 Å². The Morgan fingerprint density at radius 2 is 1.92 bits per heavy atom. The number of nitrogens with one attached hydrogen (secondary N) is 2. The van der Waals surface area contributed by atoms with Gasteiger partial charge in [0.1, 0.15) is 11.8 Å². The molecule has 2 N–H and O–H groups in total. The molecular formula is C28H26N6O4. The molecule has 1 amide bonds. The van der Waals surface area contributed by atoms with Crippen molar-refractivity contribution in [3.05, 3.63) is 83.8 Å². The molecule has 0 radical (unpaired) electrons. The van der Waals surface area contributed by atoms with Gasteiger partial charge in [0.2, 0.25) is 5.95 Å². The largest absolute Gasteiger partial charge is 0.497 e. The molecular weight excluding hydrogens is 484 g/mol. The fourth-order valence-corrected chi connectivity index (χ4v) is 4.59. The number of anilines is 2. The van der Waals surface area contributed by atoms with Crippen LogP contribution < -0.4 is 24.8 Å². The highest BCUT2D eigenvalue weighted by atomic mass is 16.5. The molecule has 4 heterocycles. The summed E-state index contributed by atoms with van der Waals surface area (Å²) in [5.74, 6) is 2.79. The zero-order valence-corrected chi connectivity index (χ0v) is 21.0. The molecule has 6 rings (SSSR count). The fraction of sp³-hybridized carbons (Fsp3) is 0.214. The van der Waals surface area contributed by atoms with Crippen LogP contribution in [0, 0.1) is 0 Å². The summed E-state index contributed by atoms with van der Waals surface area (Å²) in [6.07, 6.45) is 4.21. The molecule has 2 aliphatic heterocycles. The van der Waals surface area contributed by atoms with E-state index in [9.17, 15) is 4.79 Å². The van der Waals surface area contributed by atoms with E-state index in [1.807, 2.05) is 37.3 Å². The molecule has 1 unspecified atom stereocenters. The van der Waals surface area contributed by atoms with Gasteiger partial charge >= 0.3 is 0 Å². The first-order valence-electron chi connectivity index (χ1n) is 12.3. The van der Waals surface area contributed by atoms with E-state index < -0.39 is 6.04 Å². The molecule has 0 saturated carbocycles. The lowest BCUT2D eigenvalue weighted by Gasteiger charge is -2.29. The molecule has 0 saturated heterocycles. The second-order valence-corrected chi connectivity index (χ2v) is 8.95. The standard InChI is InChI=1S/C28H26N6O4/c1-17-24(27(35)31-20-7-9-21(36-2)10-8-20)25(18-6-11-22-23(15-18)38-14-4-13-37-22)34-28(30-17)32-26(33-34)19-5-3-12-29-16-19/h3,5-12,15-16,25H,4,13-14H2,1-2H3,(H,31,35)(H,30,32,33). The minimum absolute atomic E-state index is 0.263. The third kappa shape index (κ3) is 4.40. The van der Waals surface area contributed by atoms with Crippen molar-refractivity contribution in [2.75, 3.05) is 31.0 Å². The van der Waals surface area contributed by atoms with Crippen LogP contribution in [0.25, 0.3) is 11.4 Å². The highest BCUT2D eigenvalue weighted by molar-refractivity contribution is 6.06. The lowest BCUT2D eigenvalue weighted by molar-refractivity contribution is -0.113. The lowest BCUT2D eigenvalue weighted by atomic mass is 9.94. The number of ether oxygens (including phenoxy) is 3. The number of aromatic nitrogens is 4. The number of amides is 1. The molecule has 1 atom stereocenters. The number of carbonyl (C=O) groups excluding carboxylic acids is 1. The van der Waals surface area contributed by atoms with E-state index in [-0.39, 0.29) is 5.91 Å². The Hall–Kier alpha value is -4.86. The van der Waals surface area contributed by atoms with E-state index in [4.69, 9.17) is 24.3 Å². The fourth-order valence-electron chi connectivity index (χ4n) is 4.59. The maximum atomic E-state index is 13.8. The monoisotopic (exact) mass is 510 g/mol. The van der Waals surface area contributed by atoms with Crippen molar-refractivity contribution in [1.29, 1.82) is 0 Å². The number of pyridine rings is 1. The first-order valence-corrected chi connectivity index (χ1v) is 12.3. The summed E-state index contributed by atoms with van der Waals surface area (Å²) in [6.45, 7) is 3.01. The summed E-state index contributed by atoms with van der Waals surface area (Å²) in [5, 5.41) is 11.1. The van der Waals surface area contributed by atoms with E-state index in [2.05, 4.69) is 15.6 Å². The van der Waals surface area contributed by atoms with Crippen LogP contribution in [-0.4, -0.2) is 46.0 Å². The van der Waals surface area contributed by atoms with Crippen LogP contribution in [0.3, 0.4) is 0 Å². The Balaban J connectivity index is 1.43. The van der Waals surface area contributed by atoms with Crippen molar-refractivity contribution in [3.63, 3.8) is 0 Å². The number of allylic oxidation sites excluding steroid dienone is 1. The molecule has 0 fully saturated rings. The average molecular weight is 511 g/mol. The first-order chi connectivity index (χ1) is 18.6. The number of benzene rings is 2. The van der Waals surface area contributed by atoms with E-state index in [1.54, 1.807) is 48.5 Å². The second-order valence-electron chi connectivity index (χ2n) is 8.95. The maximum absolute atomic E-state index is 13.8. The van der Waals surface area contributed by atoms with Crippen LogP contribution in [0.2, 0.25) is 0 Å². The Kier molecular flexibility index (Phi) is 6.12. The third-order valence-corrected chi connectivity index (χ3v) is 6.45. The van der Waals surface area contributed by atoms with Gasteiger partial charge in [-0.1, -0.05) is 6.07 Å². The first kappa shape index (κ1) is 23.5. The van der Waals surface area contributed by atoms with Gasteiger partial charge in [0.15, 0.2) is 17.3 Å². The number of fused-ring (bicyclic) bond motifs is 2. The van der Waals surface area contributed by atoms with Gasteiger partial charge in [-0.05, 0) is 61.0 Å².